The van der Waals surface area contributed by atoms with Gasteiger partial charge in [-0.15, -0.1) is 0 Å². The number of carbonyl (C=O) groups excluding carboxylic acids is 1. The summed E-state index contributed by atoms with van der Waals surface area (Å²) >= 11 is 3.39. The van der Waals surface area contributed by atoms with Gasteiger partial charge in [0, 0.05) is 30.3 Å². The van der Waals surface area contributed by atoms with Crippen molar-refractivity contribution in [2.45, 2.75) is 25.7 Å². The number of hydrogen-bond donors (Lipinski definition) is 0. The van der Waals surface area contributed by atoms with Crippen molar-refractivity contribution in [3.8, 4) is 11.6 Å². The fourth-order valence-electron chi connectivity index (χ4n) is 3.07. The maximum Gasteiger partial charge on any atom is 0.255 e. The Kier molecular flexibility index (Phi) is 5.51. The number of carbonyl (C=O) groups is 1. The van der Waals surface area contributed by atoms with Crippen molar-refractivity contribution in [1.29, 1.82) is 0 Å². The second-order valence-corrected chi connectivity index (χ2v) is 7.19. The van der Waals surface area contributed by atoms with Gasteiger partial charge in [0.1, 0.15) is 5.75 Å². The Hall–Kier alpha value is -1.88. The molecule has 0 spiro atoms. The van der Waals surface area contributed by atoms with Gasteiger partial charge in [-0.05, 0) is 49.1 Å². The van der Waals surface area contributed by atoms with Crippen molar-refractivity contribution in [2.75, 3.05) is 13.6 Å². The number of amides is 1. The van der Waals surface area contributed by atoms with Gasteiger partial charge in [0.15, 0.2) is 0 Å². The topological polar surface area (TPSA) is 42.4 Å². The largest absolute Gasteiger partial charge is 0.439 e. The van der Waals surface area contributed by atoms with Crippen LogP contribution in [0.1, 0.15) is 36.0 Å². The summed E-state index contributed by atoms with van der Waals surface area (Å²) in [6.45, 7) is 0.829. The fraction of sp³-hybridized carbons (Fsp3) is 0.368. The fourth-order valence-corrected chi connectivity index (χ4v) is 3.34. The van der Waals surface area contributed by atoms with Crippen LogP contribution in [0.5, 0.6) is 11.6 Å². The number of aromatic nitrogens is 1. The van der Waals surface area contributed by atoms with Crippen molar-refractivity contribution in [3.63, 3.8) is 0 Å². The summed E-state index contributed by atoms with van der Waals surface area (Å²) in [4.78, 5) is 18.5. The summed E-state index contributed by atoms with van der Waals surface area (Å²) in [5, 5.41) is 0. The number of ether oxygens (including phenoxy) is 1. The minimum absolute atomic E-state index is 0.0181. The summed E-state index contributed by atoms with van der Waals surface area (Å²) in [6, 6.07) is 11.0. The Morgan fingerprint density at radius 1 is 1.21 bits per heavy atom. The standard InChI is InChI=1S/C19H21BrN2O2/c1-22(13-14-4-2-3-5-14)19(23)15-6-11-18(21-12-15)24-17-9-7-16(20)8-10-17/h6-12,14H,2-5,13H2,1H3. The minimum atomic E-state index is 0.0181. The molecule has 1 aliphatic carbocycles. The molecular formula is C19H21BrN2O2. The Labute approximate surface area is 151 Å². The van der Waals surface area contributed by atoms with Crippen molar-refractivity contribution >= 4 is 21.8 Å². The molecule has 1 fully saturated rings. The lowest BCUT2D eigenvalue weighted by atomic mass is 10.1. The highest BCUT2D eigenvalue weighted by atomic mass is 79.9. The van der Waals surface area contributed by atoms with Crippen LogP contribution < -0.4 is 4.74 Å². The van der Waals surface area contributed by atoms with Crippen LogP contribution in [-0.4, -0.2) is 29.4 Å². The van der Waals surface area contributed by atoms with E-state index in [4.69, 9.17) is 4.74 Å². The van der Waals surface area contributed by atoms with Gasteiger partial charge in [0.25, 0.3) is 5.91 Å². The summed E-state index contributed by atoms with van der Waals surface area (Å²) in [7, 11) is 1.87. The van der Waals surface area contributed by atoms with Gasteiger partial charge in [-0.3, -0.25) is 4.79 Å². The predicted molar refractivity (Wildman–Crippen MR) is 97.4 cm³/mol. The van der Waals surface area contributed by atoms with Crippen LogP contribution in [0.3, 0.4) is 0 Å². The van der Waals surface area contributed by atoms with E-state index in [9.17, 15) is 4.79 Å². The van der Waals surface area contributed by atoms with Gasteiger partial charge >= 0.3 is 0 Å². The van der Waals surface area contributed by atoms with Crippen LogP contribution in [-0.2, 0) is 0 Å². The predicted octanol–water partition coefficient (Wildman–Crippen LogP) is 4.90. The zero-order valence-electron chi connectivity index (χ0n) is 13.7. The van der Waals surface area contributed by atoms with Crippen LogP contribution in [0.4, 0.5) is 0 Å². The van der Waals surface area contributed by atoms with E-state index in [0.717, 1.165) is 11.0 Å². The zero-order valence-corrected chi connectivity index (χ0v) is 15.3. The third kappa shape index (κ3) is 4.35. The summed E-state index contributed by atoms with van der Waals surface area (Å²) in [5.74, 6) is 1.85. The quantitative estimate of drug-likeness (QED) is 0.731. The van der Waals surface area contributed by atoms with Gasteiger partial charge in [-0.1, -0.05) is 28.8 Å². The van der Waals surface area contributed by atoms with E-state index in [1.165, 1.54) is 25.7 Å². The highest BCUT2D eigenvalue weighted by Gasteiger charge is 2.20. The minimum Gasteiger partial charge on any atom is -0.439 e. The molecule has 0 saturated heterocycles. The molecule has 2 aromatic rings. The Balaban J connectivity index is 1.60. The van der Waals surface area contributed by atoms with E-state index in [-0.39, 0.29) is 5.91 Å². The number of rotatable bonds is 5. The van der Waals surface area contributed by atoms with Crippen LogP contribution in [0.25, 0.3) is 0 Å². The van der Waals surface area contributed by atoms with Crippen LogP contribution >= 0.6 is 15.9 Å². The van der Waals surface area contributed by atoms with E-state index < -0.39 is 0 Å². The molecular weight excluding hydrogens is 368 g/mol. The molecule has 3 rings (SSSR count). The average Bonchev–Trinajstić information content (AvgIpc) is 3.10. The average molecular weight is 389 g/mol. The second kappa shape index (κ2) is 7.79. The normalized spacial score (nSPS) is 14.6. The molecule has 0 N–H and O–H groups in total. The monoisotopic (exact) mass is 388 g/mol. The maximum atomic E-state index is 12.5. The third-order valence-corrected chi connectivity index (χ3v) is 4.90. The highest BCUT2D eigenvalue weighted by molar-refractivity contribution is 9.10. The lowest BCUT2D eigenvalue weighted by Gasteiger charge is -2.21. The van der Waals surface area contributed by atoms with E-state index in [0.29, 0.717) is 23.1 Å². The van der Waals surface area contributed by atoms with Crippen LogP contribution in [0, 0.1) is 5.92 Å². The number of pyridine rings is 1. The maximum absolute atomic E-state index is 12.5. The first-order valence-electron chi connectivity index (χ1n) is 8.27. The molecule has 0 aliphatic heterocycles. The van der Waals surface area contributed by atoms with E-state index in [1.807, 2.05) is 36.2 Å². The summed E-state index contributed by atoms with van der Waals surface area (Å²) < 4.78 is 6.67. The van der Waals surface area contributed by atoms with E-state index >= 15 is 0 Å². The lowest BCUT2D eigenvalue weighted by molar-refractivity contribution is 0.0773. The lowest BCUT2D eigenvalue weighted by Crippen LogP contribution is -2.31. The Bertz CT molecular complexity index is 680. The molecule has 0 bridgehead atoms. The number of halogens is 1. The molecule has 0 unspecified atom stereocenters. The highest BCUT2D eigenvalue weighted by Crippen LogP contribution is 2.26. The van der Waals surface area contributed by atoms with Crippen molar-refractivity contribution in [3.05, 3.63) is 52.6 Å². The number of benzene rings is 1. The first-order valence-corrected chi connectivity index (χ1v) is 9.06. The molecule has 1 saturated carbocycles. The smallest absolute Gasteiger partial charge is 0.255 e. The molecule has 1 amide bonds. The molecule has 5 heteroatoms. The molecule has 0 atom stereocenters. The molecule has 1 aromatic heterocycles. The molecule has 1 aliphatic rings. The van der Waals surface area contributed by atoms with Gasteiger partial charge in [0.05, 0.1) is 5.56 Å². The SMILES string of the molecule is CN(CC1CCCC1)C(=O)c1ccc(Oc2ccc(Br)cc2)nc1. The molecule has 1 heterocycles. The van der Waals surface area contributed by atoms with E-state index in [2.05, 4.69) is 20.9 Å². The van der Waals surface area contributed by atoms with Crippen LogP contribution in [0.15, 0.2) is 47.1 Å². The third-order valence-electron chi connectivity index (χ3n) is 4.37. The van der Waals surface area contributed by atoms with Crippen molar-refractivity contribution in [1.82, 2.24) is 9.88 Å². The number of nitrogens with zero attached hydrogens (tertiary/aromatic N) is 2. The van der Waals surface area contributed by atoms with Crippen molar-refractivity contribution < 1.29 is 9.53 Å². The van der Waals surface area contributed by atoms with Gasteiger partial charge in [0.2, 0.25) is 5.88 Å². The molecule has 126 valence electrons. The van der Waals surface area contributed by atoms with Crippen LogP contribution in [0.2, 0.25) is 0 Å². The first-order chi connectivity index (χ1) is 11.6. The van der Waals surface area contributed by atoms with Gasteiger partial charge in [-0.25, -0.2) is 4.98 Å². The Morgan fingerprint density at radius 3 is 2.54 bits per heavy atom. The molecule has 4 nitrogen and oxygen atoms in total. The first kappa shape index (κ1) is 17.0. The molecule has 24 heavy (non-hydrogen) atoms. The molecule has 0 radical (unpaired) electrons. The zero-order chi connectivity index (χ0) is 16.9. The summed E-state index contributed by atoms with van der Waals surface area (Å²) in [5.41, 5.74) is 0.596. The van der Waals surface area contributed by atoms with Crippen molar-refractivity contribution in [2.24, 2.45) is 5.92 Å². The van der Waals surface area contributed by atoms with E-state index in [1.54, 1.807) is 18.3 Å². The van der Waals surface area contributed by atoms with Gasteiger partial charge < -0.3 is 9.64 Å². The number of hydrogen-bond acceptors (Lipinski definition) is 3. The molecule has 1 aromatic carbocycles. The summed E-state index contributed by atoms with van der Waals surface area (Å²) in [6.07, 6.45) is 6.63. The second-order valence-electron chi connectivity index (χ2n) is 6.28. The van der Waals surface area contributed by atoms with Gasteiger partial charge in [-0.2, -0.15) is 0 Å². The Morgan fingerprint density at radius 2 is 1.92 bits per heavy atom.